The Labute approximate surface area is 124 Å². The Hall–Kier alpha value is -1.62. The molecule has 0 saturated carbocycles. The van der Waals surface area contributed by atoms with Crippen molar-refractivity contribution >= 4 is 22.2 Å². The maximum absolute atomic E-state index is 4.27. The first-order chi connectivity index (χ1) is 9.72. The zero-order valence-electron chi connectivity index (χ0n) is 12.4. The van der Waals surface area contributed by atoms with Gasteiger partial charge in [0.15, 0.2) is 0 Å². The molecule has 1 heterocycles. The lowest BCUT2D eigenvalue weighted by molar-refractivity contribution is 0.811. The SMILES string of the molecule is CCCNc1nnc(CN(CC)c2cccc(C)c2)s1. The molecule has 20 heavy (non-hydrogen) atoms. The molecule has 1 N–H and O–H groups in total. The van der Waals surface area contributed by atoms with Gasteiger partial charge in [-0.15, -0.1) is 10.2 Å². The number of aryl methyl sites for hydroxylation is 1. The molecule has 1 aromatic heterocycles. The molecule has 0 amide bonds. The number of benzene rings is 1. The Bertz CT molecular complexity index is 538. The summed E-state index contributed by atoms with van der Waals surface area (Å²) in [5.74, 6) is 0. The van der Waals surface area contributed by atoms with Gasteiger partial charge < -0.3 is 10.2 Å². The number of aromatic nitrogens is 2. The highest BCUT2D eigenvalue weighted by molar-refractivity contribution is 7.15. The van der Waals surface area contributed by atoms with Gasteiger partial charge in [0.1, 0.15) is 5.01 Å². The van der Waals surface area contributed by atoms with E-state index in [1.54, 1.807) is 11.3 Å². The molecule has 2 aromatic rings. The molecule has 0 bridgehead atoms. The van der Waals surface area contributed by atoms with Gasteiger partial charge >= 0.3 is 0 Å². The molecule has 0 saturated heterocycles. The monoisotopic (exact) mass is 290 g/mol. The Morgan fingerprint density at radius 2 is 2.10 bits per heavy atom. The second kappa shape index (κ2) is 7.24. The van der Waals surface area contributed by atoms with E-state index < -0.39 is 0 Å². The summed E-state index contributed by atoms with van der Waals surface area (Å²) < 4.78 is 0. The highest BCUT2D eigenvalue weighted by Gasteiger charge is 2.09. The maximum Gasteiger partial charge on any atom is 0.205 e. The van der Waals surface area contributed by atoms with Crippen molar-refractivity contribution in [2.45, 2.75) is 33.7 Å². The summed E-state index contributed by atoms with van der Waals surface area (Å²) in [4.78, 5) is 2.32. The first-order valence-electron chi connectivity index (χ1n) is 7.10. The van der Waals surface area contributed by atoms with Crippen LogP contribution in [0.2, 0.25) is 0 Å². The average Bonchev–Trinajstić information content (AvgIpc) is 2.90. The van der Waals surface area contributed by atoms with E-state index in [4.69, 9.17) is 0 Å². The van der Waals surface area contributed by atoms with Gasteiger partial charge in [0.2, 0.25) is 5.13 Å². The lowest BCUT2D eigenvalue weighted by Gasteiger charge is -2.21. The zero-order chi connectivity index (χ0) is 14.4. The second-order valence-electron chi connectivity index (χ2n) is 4.78. The van der Waals surface area contributed by atoms with Gasteiger partial charge in [-0.3, -0.25) is 0 Å². The lowest BCUT2D eigenvalue weighted by Crippen LogP contribution is -2.21. The zero-order valence-corrected chi connectivity index (χ0v) is 13.2. The predicted octanol–water partition coefficient (Wildman–Crippen LogP) is 3.69. The van der Waals surface area contributed by atoms with Crippen molar-refractivity contribution in [3.05, 3.63) is 34.8 Å². The number of rotatable bonds is 7. The molecule has 4 nitrogen and oxygen atoms in total. The summed E-state index contributed by atoms with van der Waals surface area (Å²) in [7, 11) is 0. The van der Waals surface area contributed by atoms with E-state index in [0.29, 0.717) is 0 Å². The molecule has 0 spiro atoms. The van der Waals surface area contributed by atoms with E-state index in [-0.39, 0.29) is 0 Å². The molecule has 0 aliphatic carbocycles. The minimum Gasteiger partial charge on any atom is -0.365 e. The molecular formula is C15H22N4S. The third-order valence-electron chi connectivity index (χ3n) is 3.07. The van der Waals surface area contributed by atoms with Crippen molar-refractivity contribution in [2.75, 3.05) is 23.3 Å². The smallest absolute Gasteiger partial charge is 0.205 e. The van der Waals surface area contributed by atoms with Crippen LogP contribution >= 0.6 is 11.3 Å². The van der Waals surface area contributed by atoms with Crippen molar-refractivity contribution in [1.29, 1.82) is 0 Å². The Balaban J connectivity index is 2.04. The van der Waals surface area contributed by atoms with Crippen molar-refractivity contribution in [3.8, 4) is 0 Å². The molecule has 2 rings (SSSR count). The Morgan fingerprint density at radius 1 is 1.25 bits per heavy atom. The number of hydrogen-bond acceptors (Lipinski definition) is 5. The van der Waals surface area contributed by atoms with Crippen LogP contribution in [0.15, 0.2) is 24.3 Å². The number of nitrogens with one attached hydrogen (secondary N) is 1. The van der Waals surface area contributed by atoms with Crippen LogP contribution in [-0.2, 0) is 6.54 Å². The molecule has 0 aliphatic rings. The quantitative estimate of drug-likeness (QED) is 0.844. The van der Waals surface area contributed by atoms with Crippen LogP contribution in [0.1, 0.15) is 30.8 Å². The van der Waals surface area contributed by atoms with Gasteiger partial charge in [-0.2, -0.15) is 0 Å². The van der Waals surface area contributed by atoms with E-state index in [9.17, 15) is 0 Å². The first kappa shape index (κ1) is 14.8. The van der Waals surface area contributed by atoms with Crippen LogP contribution in [-0.4, -0.2) is 23.3 Å². The average molecular weight is 290 g/mol. The molecule has 0 atom stereocenters. The van der Waals surface area contributed by atoms with E-state index >= 15 is 0 Å². The van der Waals surface area contributed by atoms with Crippen LogP contribution in [0, 0.1) is 6.92 Å². The molecule has 0 radical (unpaired) electrons. The molecular weight excluding hydrogens is 268 g/mol. The molecule has 0 fully saturated rings. The third-order valence-corrected chi connectivity index (χ3v) is 3.93. The standard InChI is InChI=1S/C15H22N4S/c1-4-9-16-15-18-17-14(20-15)11-19(5-2)13-8-6-7-12(3)10-13/h6-8,10H,4-5,9,11H2,1-3H3,(H,16,18). The van der Waals surface area contributed by atoms with Crippen LogP contribution in [0.5, 0.6) is 0 Å². The van der Waals surface area contributed by atoms with Gasteiger partial charge in [-0.25, -0.2) is 0 Å². The van der Waals surface area contributed by atoms with E-state index in [1.807, 2.05) is 0 Å². The minimum absolute atomic E-state index is 0.811. The Kier molecular flexibility index (Phi) is 5.35. The summed E-state index contributed by atoms with van der Waals surface area (Å²) in [5, 5.41) is 13.7. The normalized spacial score (nSPS) is 10.6. The summed E-state index contributed by atoms with van der Waals surface area (Å²) in [6.07, 6.45) is 1.10. The highest BCUT2D eigenvalue weighted by atomic mass is 32.1. The first-order valence-corrected chi connectivity index (χ1v) is 7.92. The van der Waals surface area contributed by atoms with Crippen LogP contribution < -0.4 is 10.2 Å². The third kappa shape index (κ3) is 3.93. The molecule has 1 aromatic carbocycles. The van der Waals surface area contributed by atoms with Crippen molar-refractivity contribution < 1.29 is 0 Å². The summed E-state index contributed by atoms with van der Waals surface area (Å²) >= 11 is 1.64. The van der Waals surface area contributed by atoms with Crippen LogP contribution in [0.3, 0.4) is 0 Å². The summed E-state index contributed by atoms with van der Waals surface area (Å²) in [6.45, 7) is 9.15. The van der Waals surface area contributed by atoms with Gasteiger partial charge in [-0.05, 0) is 38.0 Å². The number of nitrogens with zero attached hydrogens (tertiary/aromatic N) is 3. The number of hydrogen-bond donors (Lipinski definition) is 1. The summed E-state index contributed by atoms with van der Waals surface area (Å²) in [5.41, 5.74) is 2.52. The van der Waals surface area contributed by atoms with Crippen molar-refractivity contribution in [3.63, 3.8) is 0 Å². The minimum atomic E-state index is 0.811. The fourth-order valence-electron chi connectivity index (χ4n) is 1.99. The second-order valence-corrected chi connectivity index (χ2v) is 5.84. The van der Waals surface area contributed by atoms with E-state index in [0.717, 1.165) is 36.2 Å². The topological polar surface area (TPSA) is 41.1 Å². The van der Waals surface area contributed by atoms with Gasteiger partial charge in [0.05, 0.1) is 6.54 Å². The van der Waals surface area contributed by atoms with Gasteiger partial charge in [-0.1, -0.05) is 30.4 Å². The predicted molar refractivity (Wildman–Crippen MR) is 86.6 cm³/mol. The Morgan fingerprint density at radius 3 is 2.80 bits per heavy atom. The molecule has 108 valence electrons. The van der Waals surface area contributed by atoms with Gasteiger partial charge in [0.25, 0.3) is 0 Å². The molecule has 0 unspecified atom stereocenters. The molecule has 5 heteroatoms. The lowest BCUT2D eigenvalue weighted by atomic mass is 10.2. The van der Waals surface area contributed by atoms with Crippen molar-refractivity contribution in [2.24, 2.45) is 0 Å². The van der Waals surface area contributed by atoms with Crippen LogP contribution in [0.25, 0.3) is 0 Å². The highest BCUT2D eigenvalue weighted by Crippen LogP contribution is 2.21. The van der Waals surface area contributed by atoms with E-state index in [2.05, 4.69) is 65.5 Å². The summed E-state index contributed by atoms with van der Waals surface area (Å²) in [6, 6.07) is 8.57. The fourth-order valence-corrected chi connectivity index (χ4v) is 2.78. The van der Waals surface area contributed by atoms with Crippen molar-refractivity contribution in [1.82, 2.24) is 10.2 Å². The van der Waals surface area contributed by atoms with Crippen LogP contribution in [0.4, 0.5) is 10.8 Å². The fraction of sp³-hybridized carbons (Fsp3) is 0.467. The maximum atomic E-state index is 4.27. The number of anilines is 2. The van der Waals surface area contributed by atoms with E-state index in [1.165, 1.54) is 11.3 Å². The largest absolute Gasteiger partial charge is 0.365 e. The molecule has 0 aliphatic heterocycles. The van der Waals surface area contributed by atoms with Gasteiger partial charge in [0, 0.05) is 18.8 Å².